The Morgan fingerprint density at radius 2 is 2.35 bits per heavy atom. The summed E-state index contributed by atoms with van der Waals surface area (Å²) in [5.41, 5.74) is -0.861. The van der Waals surface area contributed by atoms with Gasteiger partial charge in [-0.05, 0) is 37.5 Å². The Hall–Kier alpha value is -0.230. The maximum atomic E-state index is 11.7. The van der Waals surface area contributed by atoms with Crippen molar-refractivity contribution in [3.63, 3.8) is 0 Å². The van der Waals surface area contributed by atoms with Gasteiger partial charge in [-0.1, -0.05) is 11.6 Å². The monoisotopic (exact) mass is 293 g/mol. The minimum absolute atomic E-state index is 0.189. The van der Waals surface area contributed by atoms with Gasteiger partial charge in [0.25, 0.3) is 5.91 Å². The van der Waals surface area contributed by atoms with E-state index < -0.39 is 5.60 Å². The Kier molecular flexibility index (Phi) is 5.79. The summed E-state index contributed by atoms with van der Waals surface area (Å²) in [5.74, 6) is 0.680. The zero-order valence-corrected chi connectivity index (χ0v) is 12.2. The molecule has 0 aliphatic carbocycles. The number of carbonyl (C=O) groups is 1. The van der Waals surface area contributed by atoms with E-state index in [1.807, 2.05) is 6.26 Å². The quantitative estimate of drug-likeness (QED) is 0.848. The van der Waals surface area contributed by atoms with Gasteiger partial charge in [0, 0.05) is 6.54 Å². The third kappa shape index (κ3) is 5.29. The highest BCUT2D eigenvalue weighted by Crippen LogP contribution is 2.21. The lowest BCUT2D eigenvalue weighted by Crippen LogP contribution is -2.40. The number of thiophene rings is 1. The van der Waals surface area contributed by atoms with Gasteiger partial charge < -0.3 is 10.4 Å². The van der Waals surface area contributed by atoms with Crippen LogP contribution in [0.1, 0.15) is 23.0 Å². The molecule has 0 unspecified atom stereocenters. The second-order valence-electron chi connectivity index (χ2n) is 4.03. The number of hydrogen-bond acceptors (Lipinski definition) is 4. The Morgan fingerprint density at radius 1 is 1.65 bits per heavy atom. The van der Waals surface area contributed by atoms with Crippen LogP contribution in [0.5, 0.6) is 0 Å². The highest BCUT2D eigenvalue weighted by atomic mass is 35.5. The normalized spacial score (nSPS) is 14.4. The molecule has 1 rings (SSSR count). The molecular formula is C11H16ClNO2S2. The molecule has 2 N–H and O–H groups in total. The minimum Gasteiger partial charge on any atom is -0.388 e. The molecule has 0 aromatic carbocycles. The zero-order chi connectivity index (χ0) is 12.9. The van der Waals surface area contributed by atoms with E-state index in [2.05, 4.69) is 5.32 Å². The smallest absolute Gasteiger partial charge is 0.261 e. The van der Waals surface area contributed by atoms with Crippen LogP contribution in [0.15, 0.2) is 12.1 Å². The maximum Gasteiger partial charge on any atom is 0.261 e. The van der Waals surface area contributed by atoms with Crippen molar-refractivity contribution in [2.24, 2.45) is 0 Å². The van der Waals surface area contributed by atoms with Crippen molar-refractivity contribution >= 4 is 40.6 Å². The van der Waals surface area contributed by atoms with Gasteiger partial charge in [-0.3, -0.25) is 4.79 Å². The Morgan fingerprint density at radius 3 is 2.88 bits per heavy atom. The molecule has 1 amide bonds. The molecular weight excluding hydrogens is 278 g/mol. The summed E-state index contributed by atoms with van der Waals surface area (Å²) in [6.07, 6.45) is 2.64. The van der Waals surface area contributed by atoms with E-state index >= 15 is 0 Å². The molecule has 1 aromatic rings. The molecule has 96 valence electrons. The zero-order valence-electron chi connectivity index (χ0n) is 9.83. The predicted octanol–water partition coefficient (Wildman–Crippen LogP) is 2.64. The highest BCUT2D eigenvalue weighted by Gasteiger charge is 2.21. The molecule has 0 saturated heterocycles. The molecule has 1 aromatic heterocycles. The number of carbonyl (C=O) groups excluding carboxylic acids is 1. The molecule has 1 heterocycles. The number of halogens is 1. The van der Waals surface area contributed by atoms with Crippen molar-refractivity contribution < 1.29 is 9.90 Å². The summed E-state index contributed by atoms with van der Waals surface area (Å²) in [7, 11) is 0. The Labute approximate surface area is 115 Å². The summed E-state index contributed by atoms with van der Waals surface area (Å²) in [6.45, 7) is 1.98. The summed E-state index contributed by atoms with van der Waals surface area (Å²) in [6, 6.07) is 3.37. The van der Waals surface area contributed by atoms with E-state index in [4.69, 9.17) is 11.6 Å². The predicted molar refractivity (Wildman–Crippen MR) is 75.3 cm³/mol. The summed E-state index contributed by atoms with van der Waals surface area (Å²) in [5, 5.41) is 12.7. The van der Waals surface area contributed by atoms with Crippen LogP contribution in [-0.4, -0.2) is 35.2 Å². The first-order valence-corrected chi connectivity index (χ1v) is 7.78. The topological polar surface area (TPSA) is 49.3 Å². The SMILES string of the molecule is CSCC[C@](C)(O)CNC(=O)c1ccc(Cl)s1. The lowest BCUT2D eigenvalue weighted by Gasteiger charge is -2.23. The summed E-state index contributed by atoms with van der Waals surface area (Å²) >= 11 is 8.66. The third-order valence-electron chi connectivity index (χ3n) is 2.27. The number of amides is 1. The van der Waals surface area contributed by atoms with Crippen LogP contribution in [0.4, 0.5) is 0 Å². The Bertz CT molecular complexity index is 379. The largest absolute Gasteiger partial charge is 0.388 e. The lowest BCUT2D eigenvalue weighted by atomic mass is 10.0. The fraction of sp³-hybridized carbons (Fsp3) is 0.545. The lowest BCUT2D eigenvalue weighted by molar-refractivity contribution is 0.0529. The second kappa shape index (κ2) is 6.64. The van der Waals surface area contributed by atoms with Gasteiger partial charge in [-0.2, -0.15) is 11.8 Å². The van der Waals surface area contributed by atoms with Crippen molar-refractivity contribution in [1.82, 2.24) is 5.32 Å². The standard InChI is InChI=1S/C11H16ClNO2S2/c1-11(15,5-6-16-2)7-13-10(14)8-3-4-9(12)17-8/h3-4,15H,5-7H2,1-2H3,(H,13,14)/t11-/m0/s1. The number of rotatable bonds is 6. The molecule has 0 aliphatic rings. The highest BCUT2D eigenvalue weighted by molar-refractivity contribution is 7.98. The molecule has 17 heavy (non-hydrogen) atoms. The average molecular weight is 294 g/mol. The summed E-state index contributed by atoms with van der Waals surface area (Å²) in [4.78, 5) is 12.3. The van der Waals surface area contributed by atoms with E-state index in [1.165, 1.54) is 11.3 Å². The van der Waals surface area contributed by atoms with Crippen molar-refractivity contribution in [2.45, 2.75) is 18.9 Å². The molecule has 0 spiro atoms. The molecule has 0 fully saturated rings. The fourth-order valence-electron chi connectivity index (χ4n) is 1.20. The van der Waals surface area contributed by atoms with E-state index in [0.717, 1.165) is 5.75 Å². The fourth-order valence-corrected chi connectivity index (χ4v) is 2.81. The van der Waals surface area contributed by atoms with Gasteiger partial charge in [0.1, 0.15) is 0 Å². The van der Waals surface area contributed by atoms with Crippen molar-refractivity contribution in [3.8, 4) is 0 Å². The first kappa shape index (κ1) is 14.8. The number of thioether (sulfide) groups is 1. The number of nitrogens with one attached hydrogen (secondary N) is 1. The van der Waals surface area contributed by atoms with E-state index in [9.17, 15) is 9.90 Å². The van der Waals surface area contributed by atoms with Crippen LogP contribution in [0.25, 0.3) is 0 Å². The van der Waals surface area contributed by atoms with Gasteiger partial charge >= 0.3 is 0 Å². The van der Waals surface area contributed by atoms with Crippen molar-refractivity contribution in [1.29, 1.82) is 0 Å². The van der Waals surface area contributed by atoms with Gasteiger partial charge in [-0.15, -0.1) is 11.3 Å². The van der Waals surface area contributed by atoms with Crippen LogP contribution in [0, 0.1) is 0 Å². The first-order chi connectivity index (χ1) is 7.94. The molecule has 0 aliphatic heterocycles. The van der Waals surface area contributed by atoms with Crippen LogP contribution < -0.4 is 5.32 Å². The minimum atomic E-state index is -0.861. The van der Waals surface area contributed by atoms with Crippen molar-refractivity contribution in [3.05, 3.63) is 21.3 Å². The molecule has 0 bridgehead atoms. The van der Waals surface area contributed by atoms with Crippen LogP contribution in [0.3, 0.4) is 0 Å². The summed E-state index contributed by atoms with van der Waals surface area (Å²) < 4.78 is 0.587. The maximum absolute atomic E-state index is 11.7. The van der Waals surface area contributed by atoms with Crippen LogP contribution >= 0.6 is 34.7 Å². The third-order valence-corrected chi connectivity index (χ3v) is 4.11. The van der Waals surface area contributed by atoms with E-state index in [0.29, 0.717) is 15.6 Å². The van der Waals surface area contributed by atoms with Crippen LogP contribution in [-0.2, 0) is 0 Å². The van der Waals surface area contributed by atoms with Gasteiger partial charge in [0.15, 0.2) is 0 Å². The van der Waals surface area contributed by atoms with E-state index in [1.54, 1.807) is 30.8 Å². The van der Waals surface area contributed by atoms with Gasteiger partial charge in [0.05, 0.1) is 14.8 Å². The molecule has 1 atom stereocenters. The molecule has 3 nitrogen and oxygen atoms in total. The second-order valence-corrected chi connectivity index (χ2v) is 6.73. The van der Waals surface area contributed by atoms with Crippen molar-refractivity contribution in [2.75, 3.05) is 18.6 Å². The molecule has 0 saturated carbocycles. The first-order valence-electron chi connectivity index (χ1n) is 5.19. The van der Waals surface area contributed by atoms with Gasteiger partial charge in [0.2, 0.25) is 0 Å². The van der Waals surface area contributed by atoms with Crippen LogP contribution in [0.2, 0.25) is 4.34 Å². The average Bonchev–Trinajstić information content (AvgIpc) is 2.70. The number of aliphatic hydroxyl groups is 1. The van der Waals surface area contributed by atoms with E-state index in [-0.39, 0.29) is 12.5 Å². The Balaban J connectivity index is 2.42. The molecule has 0 radical (unpaired) electrons. The van der Waals surface area contributed by atoms with Gasteiger partial charge in [-0.25, -0.2) is 0 Å². The number of hydrogen-bond donors (Lipinski definition) is 2. The molecule has 6 heteroatoms.